The Balaban J connectivity index is 1.58. The molecule has 106 valence electrons. The van der Waals surface area contributed by atoms with Gasteiger partial charge >= 0.3 is 11.9 Å². The van der Waals surface area contributed by atoms with Gasteiger partial charge in [-0.05, 0) is 30.7 Å². The van der Waals surface area contributed by atoms with Gasteiger partial charge in [0.25, 0.3) is 0 Å². The van der Waals surface area contributed by atoms with Gasteiger partial charge in [0, 0.05) is 10.6 Å². The quantitative estimate of drug-likeness (QED) is 0.867. The molecule has 2 aliphatic rings. The van der Waals surface area contributed by atoms with Gasteiger partial charge in [0.2, 0.25) is 0 Å². The normalized spacial score (nSPS) is 30.6. The highest BCUT2D eigenvalue weighted by molar-refractivity contribution is 6.31. The maximum Gasteiger partial charge on any atom is 0.309 e. The summed E-state index contributed by atoms with van der Waals surface area (Å²) in [5.41, 5.74) is 0.766. The molecule has 0 aromatic heterocycles. The highest BCUT2D eigenvalue weighted by Crippen LogP contribution is 2.60. The number of fused-ring (bicyclic) bond motifs is 1. The lowest BCUT2D eigenvalue weighted by molar-refractivity contribution is -0.151. The van der Waals surface area contributed by atoms with Crippen molar-refractivity contribution >= 4 is 23.5 Å². The van der Waals surface area contributed by atoms with Gasteiger partial charge in [0.15, 0.2) is 0 Å². The summed E-state index contributed by atoms with van der Waals surface area (Å²) in [4.78, 5) is 23.1. The number of esters is 1. The Kier molecular flexibility index (Phi) is 3.42. The molecule has 5 heteroatoms. The molecule has 1 aromatic carbocycles. The fourth-order valence-corrected chi connectivity index (χ4v) is 3.57. The topological polar surface area (TPSA) is 63.6 Å². The number of rotatable bonds is 4. The minimum absolute atomic E-state index is 0.0220. The Labute approximate surface area is 121 Å². The van der Waals surface area contributed by atoms with E-state index in [1.807, 2.05) is 18.2 Å². The third-order valence-electron chi connectivity index (χ3n) is 4.42. The minimum Gasteiger partial charge on any atom is -0.481 e. The lowest BCUT2D eigenvalue weighted by Gasteiger charge is -2.13. The summed E-state index contributed by atoms with van der Waals surface area (Å²) in [6.07, 6.45) is 1.55. The van der Waals surface area contributed by atoms with Crippen LogP contribution in [0.25, 0.3) is 0 Å². The zero-order chi connectivity index (χ0) is 14.3. The van der Waals surface area contributed by atoms with Crippen LogP contribution in [0.1, 0.15) is 18.4 Å². The molecule has 4 atom stereocenters. The second-order valence-electron chi connectivity index (χ2n) is 5.49. The van der Waals surface area contributed by atoms with E-state index in [-0.39, 0.29) is 36.2 Å². The molecule has 0 aliphatic heterocycles. The summed E-state index contributed by atoms with van der Waals surface area (Å²) in [5, 5.41) is 9.60. The number of carbonyl (C=O) groups excluding carboxylic acids is 1. The first-order chi connectivity index (χ1) is 9.59. The van der Waals surface area contributed by atoms with E-state index in [1.54, 1.807) is 6.07 Å². The van der Waals surface area contributed by atoms with Crippen LogP contribution in [0.4, 0.5) is 0 Å². The highest BCUT2D eigenvalue weighted by Gasteiger charge is 2.63. The van der Waals surface area contributed by atoms with Crippen molar-refractivity contribution in [3.63, 3.8) is 0 Å². The van der Waals surface area contributed by atoms with Gasteiger partial charge in [-0.3, -0.25) is 9.59 Å². The number of ether oxygens (including phenoxy) is 1. The van der Waals surface area contributed by atoms with Crippen LogP contribution in [-0.2, 0) is 20.9 Å². The van der Waals surface area contributed by atoms with E-state index in [1.165, 1.54) is 0 Å². The molecule has 4 nitrogen and oxygen atoms in total. The van der Waals surface area contributed by atoms with Gasteiger partial charge in [-0.1, -0.05) is 29.8 Å². The first-order valence-electron chi connectivity index (χ1n) is 6.72. The molecule has 0 amide bonds. The summed E-state index contributed by atoms with van der Waals surface area (Å²) in [6, 6.07) is 7.21. The molecule has 0 bridgehead atoms. The van der Waals surface area contributed by atoms with E-state index in [4.69, 9.17) is 21.4 Å². The van der Waals surface area contributed by atoms with Gasteiger partial charge in [-0.2, -0.15) is 0 Å². The largest absolute Gasteiger partial charge is 0.481 e. The van der Waals surface area contributed by atoms with Crippen molar-refractivity contribution in [2.75, 3.05) is 0 Å². The van der Waals surface area contributed by atoms with E-state index in [0.29, 0.717) is 5.02 Å². The molecule has 2 saturated carbocycles. The molecular weight excluding hydrogens is 280 g/mol. The van der Waals surface area contributed by atoms with Crippen LogP contribution in [0.2, 0.25) is 5.02 Å². The Morgan fingerprint density at radius 2 is 2.05 bits per heavy atom. The Bertz CT molecular complexity index is 557. The van der Waals surface area contributed by atoms with Crippen LogP contribution >= 0.6 is 11.6 Å². The van der Waals surface area contributed by atoms with Gasteiger partial charge in [-0.25, -0.2) is 0 Å². The number of aliphatic carboxylic acids is 1. The Morgan fingerprint density at radius 1 is 1.30 bits per heavy atom. The van der Waals surface area contributed by atoms with Crippen LogP contribution < -0.4 is 0 Å². The number of carboxylic acid groups (broad SMARTS) is 1. The van der Waals surface area contributed by atoms with E-state index >= 15 is 0 Å². The van der Waals surface area contributed by atoms with Crippen molar-refractivity contribution in [2.45, 2.75) is 19.4 Å². The van der Waals surface area contributed by atoms with E-state index in [9.17, 15) is 9.59 Å². The first-order valence-corrected chi connectivity index (χ1v) is 7.10. The molecule has 2 fully saturated rings. The lowest BCUT2D eigenvalue weighted by Crippen LogP contribution is -2.20. The third-order valence-corrected chi connectivity index (χ3v) is 4.79. The van der Waals surface area contributed by atoms with Crippen molar-refractivity contribution in [1.82, 2.24) is 0 Å². The molecule has 0 saturated heterocycles. The van der Waals surface area contributed by atoms with Crippen molar-refractivity contribution in [1.29, 1.82) is 0 Å². The first kappa shape index (κ1) is 13.4. The number of carboxylic acids is 1. The highest BCUT2D eigenvalue weighted by atomic mass is 35.5. The standard InChI is InChI=1S/C15H15ClO4/c16-11-4-2-1-3-8(11)7-20-15(19)10-6-5-9-12(10)13(9)14(17)18/h1-4,9-10,12-13H,5-7H2,(H,17,18). The van der Waals surface area contributed by atoms with Crippen molar-refractivity contribution < 1.29 is 19.4 Å². The summed E-state index contributed by atoms with van der Waals surface area (Å²) in [7, 11) is 0. The zero-order valence-electron chi connectivity index (χ0n) is 10.8. The summed E-state index contributed by atoms with van der Waals surface area (Å²) >= 11 is 6.00. The van der Waals surface area contributed by atoms with Gasteiger partial charge in [0.05, 0.1) is 11.8 Å². The number of hydrogen-bond donors (Lipinski definition) is 1. The van der Waals surface area contributed by atoms with Crippen molar-refractivity contribution in [2.24, 2.45) is 23.7 Å². The summed E-state index contributed by atoms with van der Waals surface area (Å²) < 4.78 is 5.30. The Hall–Kier alpha value is -1.55. The summed E-state index contributed by atoms with van der Waals surface area (Å²) in [5.74, 6) is -1.54. The molecule has 20 heavy (non-hydrogen) atoms. The molecule has 0 radical (unpaired) electrons. The molecule has 0 heterocycles. The van der Waals surface area contributed by atoms with Gasteiger partial charge in [0.1, 0.15) is 6.61 Å². The van der Waals surface area contributed by atoms with Crippen molar-refractivity contribution in [3.05, 3.63) is 34.9 Å². The van der Waals surface area contributed by atoms with E-state index in [0.717, 1.165) is 18.4 Å². The number of hydrogen-bond acceptors (Lipinski definition) is 3. The molecule has 3 rings (SSSR count). The number of halogens is 1. The second-order valence-corrected chi connectivity index (χ2v) is 5.90. The van der Waals surface area contributed by atoms with Crippen LogP contribution in [0.5, 0.6) is 0 Å². The van der Waals surface area contributed by atoms with Gasteiger partial charge in [-0.15, -0.1) is 0 Å². The van der Waals surface area contributed by atoms with Gasteiger partial charge < -0.3 is 9.84 Å². The maximum atomic E-state index is 12.1. The molecule has 2 aliphatic carbocycles. The van der Waals surface area contributed by atoms with Crippen LogP contribution in [0.15, 0.2) is 24.3 Å². The average molecular weight is 295 g/mol. The smallest absolute Gasteiger partial charge is 0.309 e. The number of carbonyl (C=O) groups is 2. The predicted octanol–water partition coefficient (Wildman–Crippen LogP) is 2.74. The van der Waals surface area contributed by atoms with Crippen molar-refractivity contribution in [3.8, 4) is 0 Å². The molecule has 0 spiro atoms. The number of benzene rings is 1. The predicted molar refractivity (Wildman–Crippen MR) is 72.1 cm³/mol. The second kappa shape index (κ2) is 5.09. The SMILES string of the molecule is O=C(OCc1ccccc1Cl)C1CCC2C(C(=O)O)C12. The molecule has 1 N–H and O–H groups in total. The van der Waals surface area contributed by atoms with E-state index in [2.05, 4.69) is 0 Å². The van der Waals surface area contributed by atoms with E-state index < -0.39 is 5.97 Å². The van der Waals surface area contributed by atoms with Crippen LogP contribution in [0, 0.1) is 23.7 Å². The average Bonchev–Trinajstić information content (AvgIpc) is 2.99. The maximum absolute atomic E-state index is 12.1. The minimum atomic E-state index is -0.788. The molecule has 4 unspecified atom stereocenters. The summed E-state index contributed by atoms with van der Waals surface area (Å²) in [6.45, 7) is 0.143. The Morgan fingerprint density at radius 3 is 2.70 bits per heavy atom. The fourth-order valence-electron chi connectivity index (χ4n) is 3.38. The van der Waals surface area contributed by atoms with Crippen LogP contribution in [0.3, 0.4) is 0 Å². The third kappa shape index (κ3) is 2.29. The monoisotopic (exact) mass is 294 g/mol. The lowest BCUT2D eigenvalue weighted by atomic mass is 10.0. The zero-order valence-corrected chi connectivity index (χ0v) is 11.5. The molecular formula is C15H15ClO4. The van der Waals surface area contributed by atoms with Crippen LogP contribution in [-0.4, -0.2) is 17.0 Å². The fraction of sp³-hybridized carbons (Fsp3) is 0.467. The molecule has 1 aromatic rings.